The molecule has 0 spiro atoms. The molecule has 9 aromatic carbocycles. The fraction of sp³-hybridized carbons (Fsp3) is 0. The summed E-state index contributed by atoms with van der Waals surface area (Å²) in [5.74, 6) is 1.92. The van der Waals surface area contributed by atoms with Gasteiger partial charge in [0.05, 0.1) is 16.7 Å². The molecule has 0 radical (unpaired) electrons. The summed E-state index contributed by atoms with van der Waals surface area (Å²) in [7, 11) is 0. The average molecular weight is 796 g/mol. The maximum Gasteiger partial charge on any atom is 0.164 e. The first-order valence-electron chi connectivity index (χ1n) is 20.5. The highest BCUT2D eigenvalue weighted by atomic mass is 32.2. The van der Waals surface area contributed by atoms with E-state index in [1.807, 2.05) is 11.8 Å². The first kappa shape index (κ1) is 34.1. The highest BCUT2D eigenvalue weighted by molar-refractivity contribution is 7.99. The maximum absolute atomic E-state index is 5.15. The molecule has 13 rings (SSSR count). The van der Waals surface area contributed by atoms with Crippen LogP contribution in [-0.4, -0.2) is 24.1 Å². The van der Waals surface area contributed by atoms with E-state index in [0.29, 0.717) is 17.5 Å². The lowest BCUT2D eigenvalue weighted by Crippen LogP contribution is -2.05. The summed E-state index contributed by atoms with van der Waals surface area (Å²) in [6.07, 6.45) is 0. The van der Waals surface area contributed by atoms with Gasteiger partial charge in [0.1, 0.15) is 5.65 Å². The first-order chi connectivity index (χ1) is 30.2. The molecular weight excluding hydrogens is 763 g/mol. The molecule has 1 aliphatic heterocycles. The summed E-state index contributed by atoms with van der Waals surface area (Å²) in [5.41, 5.74) is 11.1. The lowest BCUT2D eigenvalue weighted by atomic mass is 9.98. The Morgan fingerprint density at radius 3 is 1.64 bits per heavy atom. The zero-order valence-corrected chi connectivity index (χ0v) is 33.5. The monoisotopic (exact) mass is 795 g/mol. The van der Waals surface area contributed by atoms with Crippen molar-refractivity contribution in [3.8, 4) is 56.7 Å². The van der Waals surface area contributed by atoms with Crippen LogP contribution in [0.15, 0.2) is 210 Å². The Balaban J connectivity index is 1.01. The molecule has 0 saturated heterocycles. The van der Waals surface area contributed by atoms with Gasteiger partial charge in [-0.3, -0.25) is 9.13 Å². The molecule has 0 fully saturated rings. The second-order valence-electron chi connectivity index (χ2n) is 15.6. The highest BCUT2D eigenvalue weighted by Gasteiger charge is 2.29. The van der Waals surface area contributed by atoms with E-state index >= 15 is 0 Å². The van der Waals surface area contributed by atoms with Crippen LogP contribution >= 0.6 is 11.8 Å². The molecule has 0 unspecified atom stereocenters. The van der Waals surface area contributed by atoms with E-state index in [4.69, 9.17) is 15.0 Å². The third-order valence-corrected chi connectivity index (χ3v) is 13.2. The quantitative estimate of drug-likeness (QED) is 0.174. The third-order valence-electron chi connectivity index (χ3n) is 12.1. The molecule has 0 N–H and O–H groups in total. The molecular formula is C55H33N5S. The number of nitrogens with zero attached hydrogens (tertiary/aromatic N) is 5. The van der Waals surface area contributed by atoms with E-state index < -0.39 is 0 Å². The van der Waals surface area contributed by atoms with E-state index in [0.717, 1.165) is 38.7 Å². The summed E-state index contributed by atoms with van der Waals surface area (Å²) in [5, 5.41) is 8.39. The van der Waals surface area contributed by atoms with E-state index in [9.17, 15) is 0 Å². The van der Waals surface area contributed by atoms with Crippen molar-refractivity contribution in [1.82, 2.24) is 24.1 Å². The lowest BCUT2D eigenvalue weighted by Gasteiger charge is -2.21. The van der Waals surface area contributed by atoms with Crippen LogP contribution in [0.5, 0.6) is 0 Å². The number of hydrogen-bond acceptors (Lipinski definition) is 4. The summed E-state index contributed by atoms with van der Waals surface area (Å²) in [6.45, 7) is 0. The minimum Gasteiger partial charge on any atom is -0.295 e. The SMILES string of the molecule is c1ccc(-n2c3cccc(-c4ccc(-c5nc(-c6ccc7ccccc7c6)nc(-c6ccc7ccccc7c6)n5)cc4)c3c3c4cccc5c4n(c32)-c2ccccc2S5)cc1. The number of para-hydroxylation sites is 3. The van der Waals surface area contributed by atoms with E-state index in [1.54, 1.807) is 0 Å². The molecule has 0 amide bonds. The van der Waals surface area contributed by atoms with Gasteiger partial charge in [0.25, 0.3) is 0 Å². The molecule has 3 aromatic heterocycles. The van der Waals surface area contributed by atoms with Crippen LogP contribution in [0, 0.1) is 0 Å². The summed E-state index contributed by atoms with van der Waals surface area (Å²) >= 11 is 1.85. The van der Waals surface area contributed by atoms with Gasteiger partial charge in [0.15, 0.2) is 17.5 Å². The molecule has 4 heterocycles. The minimum atomic E-state index is 0.633. The Kier molecular flexibility index (Phi) is 7.47. The van der Waals surface area contributed by atoms with Gasteiger partial charge in [-0.05, 0) is 81.2 Å². The van der Waals surface area contributed by atoms with Crippen LogP contribution < -0.4 is 0 Å². The van der Waals surface area contributed by atoms with Gasteiger partial charge >= 0.3 is 0 Å². The molecule has 284 valence electrons. The molecule has 61 heavy (non-hydrogen) atoms. The minimum absolute atomic E-state index is 0.633. The van der Waals surface area contributed by atoms with Gasteiger partial charge < -0.3 is 0 Å². The Morgan fingerprint density at radius 2 is 0.934 bits per heavy atom. The van der Waals surface area contributed by atoms with Crippen molar-refractivity contribution in [2.24, 2.45) is 0 Å². The van der Waals surface area contributed by atoms with Crippen LogP contribution in [0.4, 0.5) is 0 Å². The Bertz CT molecular complexity index is 3640. The number of benzene rings is 9. The van der Waals surface area contributed by atoms with Crippen LogP contribution in [0.1, 0.15) is 0 Å². The molecule has 5 nitrogen and oxygen atoms in total. The number of rotatable bonds is 5. The predicted octanol–water partition coefficient (Wildman–Crippen LogP) is 14.4. The zero-order chi connectivity index (χ0) is 40.0. The molecule has 12 aromatic rings. The summed E-state index contributed by atoms with van der Waals surface area (Å²) < 4.78 is 4.94. The van der Waals surface area contributed by atoms with Gasteiger partial charge in [-0.2, -0.15) is 0 Å². The summed E-state index contributed by atoms with van der Waals surface area (Å²) in [6, 6.07) is 71.4. The van der Waals surface area contributed by atoms with Crippen molar-refractivity contribution in [3.05, 3.63) is 200 Å². The van der Waals surface area contributed by atoms with Gasteiger partial charge in [0, 0.05) is 48.3 Å². The average Bonchev–Trinajstić information content (AvgIpc) is 3.85. The smallest absolute Gasteiger partial charge is 0.164 e. The largest absolute Gasteiger partial charge is 0.295 e. The van der Waals surface area contributed by atoms with Crippen molar-refractivity contribution in [1.29, 1.82) is 0 Å². The van der Waals surface area contributed by atoms with E-state index in [2.05, 4.69) is 209 Å². The van der Waals surface area contributed by atoms with Gasteiger partial charge in [-0.25, -0.2) is 15.0 Å². The molecule has 6 heteroatoms. The Labute approximate surface area is 355 Å². The Morgan fingerprint density at radius 1 is 0.377 bits per heavy atom. The van der Waals surface area contributed by atoms with Gasteiger partial charge in [0.2, 0.25) is 0 Å². The fourth-order valence-corrected chi connectivity index (χ4v) is 10.4. The number of hydrogen-bond donors (Lipinski definition) is 0. The third kappa shape index (κ3) is 5.32. The van der Waals surface area contributed by atoms with Crippen LogP contribution in [0.25, 0.3) is 111 Å². The second kappa shape index (κ2) is 13.4. The maximum atomic E-state index is 5.15. The molecule has 0 atom stereocenters. The number of fused-ring (bicyclic) bond motifs is 9. The van der Waals surface area contributed by atoms with Crippen LogP contribution in [-0.2, 0) is 0 Å². The molecule has 0 saturated carbocycles. The molecule has 1 aliphatic rings. The van der Waals surface area contributed by atoms with Crippen molar-refractivity contribution in [2.75, 3.05) is 0 Å². The fourth-order valence-electron chi connectivity index (χ4n) is 9.32. The lowest BCUT2D eigenvalue weighted by molar-refractivity contribution is 1.03. The normalized spacial score (nSPS) is 12.2. The second-order valence-corrected chi connectivity index (χ2v) is 16.7. The molecule has 0 aliphatic carbocycles. The van der Waals surface area contributed by atoms with E-state index in [1.165, 1.54) is 64.7 Å². The predicted molar refractivity (Wildman–Crippen MR) is 252 cm³/mol. The van der Waals surface area contributed by atoms with Crippen LogP contribution in [0.3, 0.4) is 0 Å². The standard InChI is InChI=1S/C55H33N5S/c1-2-16-42(17-3-1)59-46-21-10-18-43(49(46)50-44-19-11-23-48-51(44)60(55(50)59)45-20-8-9-22-47(45)61-48)36-26-28-37(29-27-36)52-56-53(40-30-24-34-12-4-6-14-38(34)32-40)58-54(57-52)41-31-25-35-13-5-7-15-39(35)33-41/h1-33H. The van der Waals surface area contributed by atoms with Crippen molar-refractivity contribution in [2.45, 2.75) is 9.79 Å². The zero-order valence-electron chi connectivity index (χ0n) is 32.7. The van der Waals surface area contributed by atoms with Gasteiger partial charge in [-0.15, -0.1) is 0 Å². The van der Waals surface area contributed by atoms with Crippen molar-refractivity contribution >= 4 is 66.1 Å². The van der Waals surface area contributed by atoms with E-state index in [-0.39, 0.29) is 0 Å². The highest BCUT2D eigenvalue weighted by Crippen LogP contribution is 2.51. The first-order valence-corrected chi connectivity index (χ1v) is 21.3. The number of aromatic nitrogens is 5. The molecule has 0 bridgehead atoms. The van der Waals surface area contributed by atoms with Gasteiger partial charge in [-0.1, -0.05) is 163 Å². The van der Waals surface area contributed by atoms with Crippen LogP contribution in [0.2, 0.25) is 0 Å². The Hall–Kier alpha value is -7.80. The topological polar surface area (TPSA) is 48.5 Å². The van der Waals surface area contributed by atoms with Crippen molar-refractivity contribution < 1.29 is 0 Å². The van der Waals surface area contributed by atoms with Crippen molar-refractivity contribution in [3.63, 3.8) is 0 Å². The summed E-state index contributed by atoms with van der Waals surface area (Å²) in [4.78, 5) is 17.9.